The molecule has 2 saturated heterocycles. The Morgan fingerprint density at radius 3 is 2.45 bits per heavy atom. The van der Waals surface area contributed by atoms with Crippen molar-refractivity contribution in [2.45, 2.75) is 55.0 Å². The van der Waals surface area contributed by atoms with Crippen molar-refractivity contribution in [3.8, 4) is 0 Å². The molecule has 2 bridgehead atoms. The van der Waals surface area contributed by atoms with E-state index in [2.05, 4.69) is 5.32 Å². The van der Waals surface area contributed by atoms with Crippen LogP contribution in [0.3, 0.4) is 0 Å². The van der Waals surface area contributed by atoms with Crippen molar-refractivity contribution in [1.82, 2.24) is 5.32 Å². The Balaban J connectivity index is 1.78. The van der Waals surface area contributed by atoms with Gasteiger partial charge in [0.05, 0.1) is 25.3 Å². The van der Waals surface area contributed by atoms with Crippen LogP contribution in [0, 0.1) is 0 Å². The fourth-order valence-corrected chi connectivity index (χ4v) is 3.17. The van der Waals surface area contributed by atoms with Crippen molar-refractivity contribution >= 4 is 0 Å². The first-order valence-corrected chi connectivity index (χ1v) is 7.19. The lowest BCUT2D eigenvalue weighted by Crippen LogP contribution is -2.65. The molecule has 2 heterocycles. The Bertz CT molecular complexity index is 446. The molecule has 0 amide bonds. The molecule has 0 spiro atoms. The third kappa shape index (κ3) is 2.58. The van der Waals surface area contributed by atoms with Crippen LogP contribution in [-0.4, -0.2) is 98.9 Å². The molecule has 1 aliphatic carbocycles. The number of aliphatic hydroxyl groups excluding tert-OH is 6. The SMILES string of the molecule is OCC1=CC(N[C@H]2C(O)[C@@H](O)[C@@H]3OC[C@H]2O3)[C@H](O)C(O)[C@@H]1O. The van der Waals surface area contributed by atoms with Gasteiger partial charge in [0.25, 0.3) is 0 Å². The second-order valence-corrected chi connectivity index (χ2v) is 5.90. The lowest BCUT2D eigenvalue weighted by Gasteiger charge is -2.41. The van der Waals surface area contributed by atoms with Gasteiger partial charge in [-0.15, -0.1) is 0 Å². The summed E-state index contributed by atoms with van der Waals surface area (Å²) in [5, 5.41) is 61.8. The summed E-state index contributed by atoms with van der Waals surface area (Å²) in [4.78, 5) is 0. The van der Waals surface area contributed by atoms with Crippen LogP contribution in [-0.2, 0) is 9.47 Å². The summed E-state index contributed by atoms with van der Waals surface area (Å²) in [6.45, 7) is -0.287. The van der Waals surface area contributed by atoms with Crippen LogP contribution >= 0.6 is 0 Å². The number of aliphatic hydroxyl groups is 6. The van der Waals surface area contributed by atoms with Crippen molar-refractivity contribution in [3.63, 3.8) is 0 Å². The molecule has 2 aliphatic heterocycles. The van der Waals surface area contributed by atoms with Gasteiger partial charge in [0.15, 0.2) is 6.29 Å². The molecular formula is C13H21NO8. The van der Waals surface area contributed by atoms with Gasteiger partial charge in [-0.1, -0.05) is 6.08 Å². The minimum absolute atomic E-state index is 0.169. The van der Waals surface area contributed by atoms with Crippen LogP contribution in [0.1, 0.15) is 0 Å². The Kier molecular flexibility index (Phi) is 4.52. The highest BCUT2D eigenvalue weighted by Gasteiger charge is 2.51. The van der Waals surface area contributed by atoms with Crippen LogP contribution in [0.15, 0.2) is 11.6 Å². The molecule has 9 atom stereocenters. The van der Waals surface area contributed by atoms with E-state index in [1.807, 2.05) is 0 Å². The fraction of sp³-hybridized carbons (Fsp3) is 0.846. The van der Waals surface area contributed by atoms with E-state index in [-0.39, 0.29) is 12.2 Å². The van der Waals surface area contributed by atoms with Gasteiger partial charge in [-0.3, -0.25) is 0 Å². The van der Waals surface area contributed by atoms with Crippen LogP contribution in [0.5, 0.6) is 0 Å². The number of ether oxygens (including phenoxy) is 2. The van der Waals surface area contributed by atoms with Crippen LogP contribution in [0.4, 0.5) is 0 Å². The topological polar surface area (TPSA) is 152 Å². The number of hydrogen-bond donors (Lipinski definition) is 7. The highest BCUT2D eigenvalue weighted by atomic mass is 16.7. The van der Waals surface area contributed by atoms with Gasteiger partial charge in [0, 0.05) is 0 Å². The summed E-state index contributed by atoms with van der Waals surface area (Å²) < 4.78 is 10.6. The van der Waals surface area contributed by atoms with Gasteiger partial charge in [0.2, 0.25) is 0 Å². The molecule has 0 aromatic rings. The molecule has 3 unspecified atom stereocenters. The molecular weight excluding hydrogens is 298 g/mol. The van der Waals surface area contributed by atoms with E-state index in [0.29, 0.717) is 0 Å². The van der Waals surface area contributed by atoms with Crippen LogP contribution in [0.2, 0.25) is 0 Å². The minimum Gasteiger partial charge on any atom is -0.392 e. The fourth-order valence-electron chi connectivity index (χ4n) is 3.17. The highest BCUT2D eigenvalue weighted by molar-refractivity contribution is 5.22. The first-order chi connectivity index (χ1) is 10.4. The first-order valence-electron chi connectivity index (χ1n) is 7.19. The summed E-state index contributed by atoms with van der Waals surface area (Å²) in [7, 11) is 0. The van der Waals surface area contributed by atoms with E-state index in [9.17, 15) is 30.6 Å². The van der Waals surface area contributed by atoms with Crippen LogP contribution < -0.4 is 5.32 Å². The molecule has 126 valence electrons. The number of nitrogens with one attached hydrogen (secondary N) is 1. The molecule has 0 aromatic carbocycles. The van der Waals surface area contributed by atoms with Gasteiger partial charge >= 0.3 is 0 Å². The average Bonchev–Trinajstić information content (AvgIpc) is 2.96. The summed E-state index contributed by atoms with van der Waals surface area (Å²) >= 11 is 0. The Morgan fingerprint density at radius 2 is 1.77 bits per heavy atom. The number of fused-ring (bicyclic) bond motifs is 2. The van der Waals surface area contributed by atoms with Gasteiger partial charge < -0.3 is 45.4 Å². The standard InChI is InChI=1S/C13H21NO8/c15-2-4-1-5(9(17)11(19)8(4)16)14-7-6-3-21-13(22-6)12(20)10(7)18/h1,5-20H,2-3H2/t5?,6-,7-,8-,9+,10?,11?,12-,13-/m1/s1. The molecule has 3 rings (SSSR count). The quantitative estimate of drug-likeness (QED) is 0.257. The summed E-state index contributed by atoms with van der Waals surface area (Å²) in [5.41, 5.74) is 0.169. The normalized spacial score (nSPS) is 51.7. The number of hydrogen-bond acceptors (Lipinski definition) is 9. The van der Waals surface area contributed by atoms with Gasteiger partial charge in [-0.25, -0.2) is 0 Å². The third-order valence-electron chi connectivity index (χ3n) is 4.51. The largest absolute Gasteiger partial charge is 0.392 e. The second-order valence-electron chi connectivity index (χ2n) is 5.90. The zero-order chi connectivity index (χ0) is 16.0. The Morgan fingerprint density at radius 1 is 1.05 bits per heavy atom. The molecule has 0 aromatic heterocycles. The predicted octanol–water partition coefficient (Wildman–Crippen LogP) is -4.19. The van der Waals surface area contributed by atoms with Gasteiger partial charge in [-0.2, -0.15) is 0 Å². The minimum atomic E-state index is -1.47. The monoisotopic (exact) mass is 319 g/mol. The number of rotatable bonds is 3. The molecule has 7 N–H and O–H groups in total. The summed E-state index contributed by atoms with van der Waals surface area (Å²) in [6, 6.07) is -1.56. The molecule has 22 heavy (non-hydrogen) atoms. The maximum Gasteiger partial charge on any atom is 0.186 e. The van der Waals surface area contributed by atoms with E-state index >= 15 is 0 Å². The van der Waals surface area contributed by atoms with Gasteiger partial charge in [-0.05, 0) is 5.57 Å². The Labute approximate surface area is 126 Å². The van der Waals surface area contributed by atoms with Crippen molar-refractivity contribution in [2.75, 3.05) is 13.2 Å². The second kappa shape index (κ2) is 6.11. The molecule has 0 saturated carbocycles. The van der Waals surface area contributed by atoms with E-state index in [1.165, 1.54) is 6.08 Å². The zero-order valence-electron chi connectivity index (χ0n) is 11.7. The smallest absolute Gasteiger partial charge is 0.186 e. The van der Waals surface area contributed by atoms with Crippen LogP contribution in [0.25, 0.3) is 0 Å². The zero-order valence-corrected chi connectivity index (χ0v) is 11.7. The lowest BCUT2D eigenvalue weighted by atomic mass is 9.86. The highest BCUT2D eigenvalue weighted by Crippen LogP contribution is 2.29. The van der Waals surface area contributed by atoms with Crippen molar-refractivity contribution in [1.29, 1.82) is 0 Å². The van der Waals surface area contributed by atoms with Crippen molar-refractivity contribution < 1.29 is 40.1 Å². The lowest BCUT2D eigenvalue weighted by molar-refractivity contribution is -0.204. The summed E-state index contributed by atoms with van der Waals surface area (Å²) in [5.74, 6) is 0. The molecule has 2 fully saturated rings. The van der Waals surface area contributed by atoms with E-state index in [0.717, 1.165) is 0 Å². The van der Waals surface area contributed by atoms with Gasteiger partial charge in [0.1, 0.15) is 36.6 Å². The molecule has 9 heteroatoms. The molecule has 0 radical (unpaired) electrons. The molecule has 3 aliphatic rings. The van der Waals surface area contributed by atoms with E-state index in [1.54, 1.807) is 0 Å². The maximum atomic E-state index is 10.1. The molecule has 9 nitrogen and oxygen atoms in total. The summed E-state index contributed by atoms with van der Waals surface area (Å²) in [6.07, 6.45) is -6.53. The maximum absolute atomic E-state index is 10.1. The average molecular weight is 319 g/mol. The van der Waals surface area contributed by atoms with Crippen molar-refractivity contribution in [2.24, 2.45) is 0 Å². The van der Waals surface area contributed by atoms with E-state index < -0.39 is 61.6 Å². The van der Waals surface area contributed by atoms with Crippen molar-refractivity contribution in [3.05, 3.63) is 11.6 Å². The Hall–Kier alpha value is -0.620. The predicted molar refractivity (Wildman–Crippen MR) is 70.5 cm³/mol. The first kappa shape index (κ1) is 16.2. The van der Waals surface area contributed by atoms with E-state index in [4.69, 9.17) is 9.47 Å². The third-order valence-corrected chi connectivity index (χ3v) is 4.51.